The lowest BCUT2D eigenvalue weighted by Crippen LogP contribution is -2.27. The number of hydrogen-bond acceptors (Lipinski definition) is 6. The molecule has 0 aliphatic heterocycles. The Morgan fingerprint density at radius 1 is 1.00 bits per heavy atom. The molecule has 6 nitrogen and oxygen atoms in total. The summed E-state index contributed by atoms with van der Waals surface area (Å²) in [5.41, 5.74) is 1.07. The molecule has 0 aliphatic carbocycles. The molecule has 6 heteroatoms. The quantitative estimate of drug-likeness (QED) is 0.313. The largest absolute Gasteiger partial charge is 0.493 e. The molecule has 28 heavy (non-hydrogen) atoms. The van der Waals surface area contributed by atoms with Crippen LogP contribution in [-0.4, -0.2) is 45.3 Å². The van der Waals surface area contributed by atoms with Gasteiger partial charge in [-0.15, -0.1) is 6.58 Å². The zero-order valence-corrected chi connectivity index (χ0v) is 16.5. The Hall–Kier alpha value is -2.70. The number of methoxy groups -OCH3 is 2. The third-order valence-corrected chi connectivity index (χ3v) is 4.04. The highest BCUT2D eigenvalue weighted by Gasteiger charge is 2.11. The number of allylic oxidation sites excluding steroid dienone is 1. The monoisotopic (exact) mass is 387 g/mol. The van der Waals surface area contributed by atoms with Crippen LogP contribution < -0.4 is 24.3 Å². The first-order valence-corrected chi connectivity index (χ1v) is 9.27. The Kier molecular flexibility index (Phi) is 9.18. The third-order valence-electron chi connectivity index (χ3n) is 4.04. The Morgan fingerprint density at radius 3 is 2.46 bits per heavy atom. The minimum Gasteiger partial charge on any atom is -0.493 e. The molecule has 2 aromatic carbocycles. The molecule has 152 valence electrons. The number of ether oxygens (including phenoxy) is 4. The van der Waals surface area contributed by atoms with Crippen molar-refractivity contribution in [3.8, 4) is 23.0 Å². The molecule has 0 saturated heterocycles. The standard InChI is InChI=1S/C22H29NO5/c1-4-7-17-10-11-20(21(16-17)26-3)28-22(24)12-13-23-14-15-27-19-9-6-5-8-18(19)25-2/h4-6,8-11,16,22-24H,1,7,12-15H2,2-3H3. The Bertz CT molecular complexity index is 735. The fourth-order valence-electron chi connectivity index (χ4n) is 2.63. The molecule has 0 radical (unpaired) electrons. The molecule has 0 fully saturated rings. The van der Waals surface area contributed by atoms with Gasteiger partial charge in [0.25, 0.3) is 0 Å². The number of benzene rings is 2. The van der Waals surface area contributed by atoms with Crippen LogP contribution in [0.15, 0.2) is 55.1 Å². The van der Waals surface area contributed by atoms with Crippen LogP contribution in [-0.2, 0) is 6.42 Å². The van der Waals surface area contributed by atoms with E-state index in [0.717, 1.165) is 12.0 Å². The summed E-state index contributed by atoms with van der Waals surface area (Å²) in [5.74, 6) is 2.53. The van der Waals surface area contributed by atoms with Crippen molar-refractivity contribution in [2.24, 2.45) is 0 Å². The molecule has 2 rings (SSSR count). The van der Waals surface area contributed by atoms with Gasteiger partial charge < -0.3 is 29.4 Å². The molecule has 2 aromatic rings. The molecular formula is C22H29NO5. The van der Waals surface area contributed by atoms with Crippen LogP contribution >= 0.6 is 0 Å². The van der Waals surface area contributed by atoms with Crippen molar-refractivity contribution in [1.29, 1.82) is 0 Å². The Morgan fingerprint density at radius 2 is 1.75 bits per heavy atom. The molecule has 0 bridgehead atoms. The summed E-state index contributed by atoms with van der Waals surface area (Å²) in [4.78, 5) is 0. The maximum absolute atomic E-state index is 10.1. The summed E-state index contributed by atoms with van der Waals surface area (Å²) in [6.07, 6.45) is 2.08. The van der Waals surface area contributed by atoms with Gasteiger partial charge in [0.1, 0.15) is 6.61 Å². The summed E-state index contributed by atoms with van der Waals surface area (Å²) in [5, 5.41) is 13.3. The minimum atomic E-state index is -0.929. The summed E-state index contributed by atoms with van der Waals surface area (Å²) in [7, 11) is 3.19. The van der Waals surface area contributed by atoms with Crippen molar-refractivity contribution in [3.05, 3.63) is 60.7 Å². The lowest BCUT2D eigenvalue weighted by Gasteiger charge is -2.17. The highest BCUT2D eigenvalue weighted by atomic mass is 16.6. The van der Waals surface area contributed by atoms with Crippen molar-refractivity contribution in [1.82, 2.24) is 5.32 Å². The number of rotatable bonds is 13. The van der Waals surface area contributed by atoms with Gasteiger partial charge in [-0.25, -0.2) is 0 Å². The Labute approximate surface area is 166 Å². The van der Waals surface area contributed by atoms with E-state index >= 15 is 0 Å². The van der Waals surface area contributed by atoms with E-state index in [1.54, 1.807) is 20.3 Å². The summed E-state index contributed by atoms with van der Waals surface area (Å²) in [6.45, 7) is 5.46. The predicted octanol–water partition coefficient (Wildman–Crippen LogP) is 3.19. The molecular weight excluding hydrogens is 358 g/mol. The van der Waals surface area contributed by atoms with Gasteiger partial charge in [-0.1, -0.05) is 24.3 Å². The van der Waals surface area contributed by atoms with Gasteiger partial charge in [-0.3, -0.25) is 0 Å². The van der Waals surface area contributed by atoms with Gasteiger partial charge in [0, 0.05) is 19.5 Å². The molecule has 0 spiro atoms. The lowest BCUT2D eigenvalue weighted by molar-refractivity contribution is -0.0239. The second kappa shape index (κ2) is 11.9. The Balaban J connectivity index is 1.68. The van der Waals surface area contributed by atoms with Gasteiger partial charge in [-0.05, 0) is 36.2 Å². The number of aliphatic hydroxyl groups excluding tert-OH is 1. The maximum Gasteiger partial charge on any atom is 0.198 e. The average molecular weight is 387 g/mol. The van der Waals surface area contributed by atoms with Crippen LogP contribution in [0, 0.1) is 0 Å². The molecule has 0 amide bonds. The topological polar surface area (TPSA) is 69.2 Å². The number of aliphatic hydroxyl groups is 1. The fourth-order valence-corrected chi connectivity index (χ4v) is 2.63. The van der Waals surface area contributed by atoms with E-state index < -0.39 is 6.29 Å². The van der Waals surface area contributed by atoms with E-state index in [1.807, 2.05) is 42.5 Å². The van der Waals surface area contributed by atoms with E-state index in [-0.39, 0.29) is 0 Å². The summed E-state index contributed by atoms with van der Waals surface area (Å²) >= 11 is 0. The lowest BCUT2D eigenvalue weighted by atomic mass is 10.1. The van der Waals surface area contributed by atoms with Crippen molar-refractivity contribution in [2.75, 3.05) is 33.9 Å². The molecule has 0 heterocycles. The summed E-state index contributed by atoms with van der Waals surface area (Å²) in [6, 6.07) is 13.1. The third kappa shape index (κ3) is 6.79. The summed E-state index contributed by atoms with van der Waals surface area (Å²) < 4.78 is 21.9. The fraction of sp³-hybridized carbons (Fsp3) is 0.364. The van der Waals surface area contributed by atoms with E-state index in [1.165, 1.54) is 0 Å². The first-order chi connectivity index (χ1) is 13.7. The van der Waals surface area contributed by atoms with Crippen molar-refractivity contribution in [2.45, 2.75) is 19.1 Å². The van der Waals surface area contributed by atoms with Gasteiger partial charge in [0.15, 0.2) is 29.3 Å². The molecule has 1 atom stereocenters. The first-order valence-electron chi connectivity index (χ1n) is 9.27. The van der Waals surface area contributed by atoms with Gasteiger partial charge in [-0.2, -0.15) is 0 Å². The second-order valence-electron chi connectivity index (χ2n) is 6.09. The van der Waals surface area contributed by atoms with Crippen LogP contribution in [0.3, 0.4) is 0 Å². The van der Waals surface area contributed by atoms with Gasteiger partial charge in [0.05, 0.1) is 14.2 Å². The molecule has 0 saturated carbocycles. The number of hydrogen-bond donors (Lipinski definition) is 2. The minimum absolute atomic E-state index is 0.437. The van der Waals surface area contributed by atoms with Crippen LogP contribution in [0.1, 0.15) is 12.0 Å². The van der Waals surface area contributed by atoms with Crippen LogP contribution in [0.4, 0.5) is 0 Å². The van der Waals surface area contributed by atoms with Crippen molar-refractivity contribution >= 4 is 0 Å². The van der Waals surface area contributed by atoms with Crippen molar-refractivity contribution in [3.63, 3.8) is 0 Å². The SMILES string of the molecule is C=CCc1ccc(OC(O)CCNCCOc2ccccc2OC)c(OC)c1. The van der Waals surface area contributed by atoms with Gasteiger partial charge >= 0.3 is 0 Å². The van der Waals surface area contributed by atoms with Gasteiger partial charge in [0.2, 0.25) is 0 Å². The predicted molar refractivity (Wildman–Crippen MR) is 110 cm³/mol. The van der Waals surface area contributed by atoms with Crippen molar-refractivity contribution < 1.29 is 24.1 Å². The molecule has 0 aromatic heterocycles. The number of nitrogens with one attached hydrogen (secondary N) is 1. The molecule has 0 aliphatic rings. The zero-order valence-electron chi connectivity index (χ0n) is 16.5. The molecule has 1 unspecified atom stereocenters. The van der Waals surface area contributed by atoms with Crippen LogP contribution in [0.5, 0.6) is 23.0 Å². The highest BCUT2D eigenvalue weighted by Crippen LogP contribution is 2.29. The van der Waals surface area contributed by atoms with E-state index in [0.29, 0.717) is 49.1 Å². The maximum atomic E-state index is 10.1. The average Bonchev–Trinajstić information content (AvgIpc) is 2.72. The van der Waals surface area contributed by atoms with E-state index in [4.69, 9.17) is 18.9 Å². The van der Waals surface area contributed by atoms with Crippen LogP contribution in [0.2, 0.25) is 0 Å². The highest BCUT2D eigenvalue weighted by molar-refractivity contribution is 5.43. The first kappa shape index (κ1) is 21.6. The van der Waals surface area contributed by atoms with E-state index in [9.17, 15) is 5.11 Å². The molecule has 2 N–H and O–H groups in total. The second-order valence-corrected chi connectivity index (χ2v) is 6.09. The van der Waals surface area contributed by atoms with E-state index in [2.05, 4.69) is 11.9 Å². The zero-order chi connectivity index (χ0) is 20.2. The van der Waals surface area contributed by atoms with Crippen LogP contribution in [0.25, 0.3) is 0 Å². The smallest absolute Gasteiger partial charge is 0.198 e. The normalized spacial score (nSPS) is 11.5. The number of para-hydroxylation sites is 2.